The van der Waals surface area contributed by atoms with Gasteiger partial charge in [0.1, 0.15) is 17.4 Å². The van der Waals surface area contributed by atoms with E-state index >= 15 is 0 Å². The number of nitrogens with one attached hydrogen (secondary N) is 2. The summed E-state index contributed by atoms with van der Waals surface area (Å²) >= 11 is 12.2. The number of benzene rings is 1. The molecule has 0 aliphatic rings. The Labute approximate surface area is 177 Å². The van der Waals surface area contributed by atoms with Crippen molar-refractivity contribution < 1.29 is 14.4 Å². The minimum absolute atomic E-state index is 0.133. The third-order valence-corrected chi connectivity index (χ3v) is 4.19. The number of rotatable bonds is 8. The van der Waals surface area contributed by atoms with Crippen LogP contribution in [-0.2, 0) is 11.4 Å². The molecule has 0 bridgehead atoms. The largest absolute Gasteiger partial charge is 0.484 e. The van der Waals surface area contributed by atoms with Crippen LogP contribution in [0.15, 0.2) is 55.1 Å². The first-order chi connectivity index (χ1) is 14.0. The Hall–Kier alpha value is -2.94. The van der Waals surface area contributed by atoms with E-state index in [1.165, 1.54) is 18.6 Å². The first-order valence-electron chi connectivity index (χ1n) is 8.53. The summed E-state index contributed by atoms with van der Waals surface area (Å²) < 4.78 is 5.68. The molecule has 2 aromatic heterocycles. The van der Waals surface area contributed by atoms with Gasteiger partial charge in [0, 0.05) is 24.8 Å². The highest BCUT2D eigenvalue weighted by atomic mass is 35.5. The molecule has 3 aromatic rings. The number of amides is 1. The van der Waals surface area contributed by atoms with Gasteiger partial charge in [0.2, 0.25) is 0 Å². The summed E-state index contributed by atoms with van der Waals surface area (Å²) in [5.41, 5.74) is 3.32. The molecule has 0 saturated carbocycles. The van der Waals surface area contributed by atoms with E-state index in [1.54, 1.807) is 43.5 Å². The van der Waals surface area contributed by atoms with Gasteiger partial charge in [-0.2, -0.15) is 0 Å². The molecule has 8 nitrogen and oxygen atoms in total. The van der Waals surface area contributed by atoms with Crippen molar-refractivity contribution in [2.24, 2.45) is 0 Å². The van der Waals surface area contributed by atoms with Crippen molar-refractivity contribution in [2.45, 2.75) is 19.8 Å². The summed E-state index contributed by atoms with van der Waals surface area (Å²) in [7, 11) is 0. The van der Waals surface area contributed by atoms with Crippen LogP contribution in [0.3, 0.4) is 0 Å². The zero-order valence-electron chi connectivity index (χ0n) is 15.3. The van der Waals surface area contributed by atoms with Gasteiger partial charge in [-0.05, 0) is 31.2 Å². The van der Waals surface area contributed by atoms with Crippen molar-refractivity contribution in [1.29, 1.82) is 0 Å². The Balaban J connectivity index is 1.55. The lowest BCUT2D eigenvalue weighted by Gasteiger charge is -2.18. The number of aromatic nitrogens is 3. The quantitative estimate of drug-likeness (QED) is 0.410. The van der Waals surface area contributed by atoms with Crippen molar-refractivity contribution in [3.8, 4) is 5.75 Å². The Morgan fingerprint density at radius 1 is 1.14 bits per heavy atom. The number of carbonyl (C=O) groups excluding carboxylic acids is 1. The fourth-order valence-electron chi connectivity index (χ4n) is 2.24. The maximum atomic E-state index is 12.0. The lowest BCUT2D eigenvalue weighted by Crippen LogP contribution is -2.32. The summed E-state index contributed by atoms with van der Waals surface area (Å²) in [6.45, 7) is 1.85. The van der Waals surface area contributed by atoms with Gasteiger partial charge in [-0.1, -0.05) is 29.3 Å². The number of ether oxygens (including phenoxy) is 1. The molecule has 2 N–H and O–H groups in total. The standard InChI is InChI=1S/C19H17Cl2N5O3/c1-12(29-26-19(27)13-4-3-7-22-8-13)25-15-5-2-6-16(18(15)21)28-11-17-23-9-14(20)10-24-17/h2-10,12,25H,11H2,1H3,(H,26,27). The van der Waals surface area contributed by atoms with Crippen molar-refractivity contribution >= 4 is 34.8 Å². The van der Waals surface area contributed by atoms with Crippen LogP contribution in [0, 0.1) is 0 Å². The van der Waals surface area contributed by atoms with E-state index in [-0.39, 0.29) is 6.61 Å². The van der Waals surface area contributed by atoms with E-state index in [2.05, 4.69) is 25.7 Å². The van der Waals surface area contributed by atoms with Gasteiger partial charge in [0.15, 0.2) is 12.1 Å². The second-order valence-electron chi connectivity index (χ2n) is 5.80. The van der Waals surface area contributed by atoms with Crippen molar-refractivity contribution in [3.05, 3.63) is 76.6 Å². The van der Waals surface area contributed by atoms with Gasteiger partial charge < -0.3 is 10.1 Å². The summed E-state index contributed by atoms with van der Waals surface area (Å²) in [6, 6.07) is 8.55. The summed E-state index contributed by atoms with van der Waals surface area (Å²) in [5.74, 6) is 0.512. The lowest BCUT2D eigenvalue weighted by atomic mass is 10.3. The summed E-state index contributed by atoms with van der Waals surface area (Å²) in [5, 5.41) is 3.85. The smallest absolute Gasteiger partial charge is 0.276 e. The molecular formula is C19H17Cl2N5O3. The Morgan fingerprint density at radius 3 is 2.66 bits per heavy atom. The topological polar surface area (TPSA) is 98.3 Å². The number of halogens is 2. The predicted octanol–water partition coefficient (Wildman–Crippen LogP) is 3.88. The Bertz CT molecular complexity index is 958. The molecule has 150 valence electrons. The van der Waals surface area contributed by atoms with Gasteiger partial charge in [-0.3, -0.25) is 9.78 Å². The molecule has 0 saturated heterocycles. The SMILES string of the molecule is CC(Nc1cccc(OCc2ncc(Cl)cn2)c1Cl)ONC(=O)c1cccnc1. The molecule has 1 amide bonds. The normalized spacial score (nSPS) is 11.6. The summed E-state index contributed by atoms with van der Waals surface area (Å²) in [4.78, 5) is 29.3. The average Bonchev–Trinajstić information content (AvgIpc) is 2.74. The van der Waals surface area contributed by atoms with Gasteiger partial charge in [0.25, 0.3) is 5.91 Å². The lowest BCUT2D eigenvalue weighted by molar-refractivity contribution is 0.00388. The first kappa shape index (κ1) is 20.8. The second-order valence-corrected chi connectivity index (χ2v) is 6.62. The minimum Gasteiger partial charge on any atom is -0.484 e. The maximum Gasteiger partial charge on any atom is 0.276 e. The molecule has 0 aliphatic heterocycles. The molecule has 10 heteroatoms. The van der Waals surface area contributed by atoms with E-state index < -0.39 is 12.1 Å². The molecule has 0 fully saturated rings. The van der Waals surface area contributed by atoms with Crippen LogP contribution in [0.1, 0.15) is 23.1 Å². The third kappa shape index (κ3) is 6.02. The van der Waals surface area contributed by atoms with Crippen molar-refractivity contribution in [2.75, 3.05) is 5.32 Å². The molecule has 1 atom stereocenters. The highest BCUT2D eigenvalue weighted by molar-refractivity contribution is 6.34. The van der Waals surface area contributed by atoms with Crippen LogP contribution >= 0.6 is 23.2 Å². The molecule has 1 aromatic carbocycles. The monoisotopic (exact) mass is 433 g/mol. The van der Waals surface area contributed by atoms with Gasteiger partial charge in [-0.15, -0.1) is 0 Å². The number of hydroxylamine groups is 1. The van der Waals surface area contributed by atoms with Crippen LogP contribution in [0.4, 0.5) is 5.69 Å². The van der Waals surface area contributed by atoms with Gasteiger partial charge in [0.05, 0.1) is 16.3 Å². The first-order valence-corrected chi connectivity index (χ1v) is 9.29. The zero-order chi connectivity index (χ0) is 20.6. The van der Waals surface area contributed by atoms with Crippen LogP contribution < -0.4 is 15.5 Å². The number of nitrogens with zero attached hydrogens (tertiary/aromatic N) is 3. The van der Waals surface area contributed by atoms with Crippen molar-refractivity contribution in [3.63, 3.8) is 0 Å². The molecule has 1 unspecified atom stereocenters. The van der Waals surface area contributed by atoms with Crippen LogP contribution in [0.25, 0.3) is 0 Å². The highest BCUT2D eigenvalue weighted by Crippen LogP contribution is 2.32. The van der Waals surface area contributed by atoms with E-state index in [4.69, 9.17) is 32.8 Å². The van der Waals surface area contributed by atoms with E-state index in [0.717, 1.165) is 0 Å². The van der Waals surface area contributed by atoms with E-state index in [0.29, 0.717) is 32.9 Å². The van der Waals surface area contributed by atoms with Crippen LogP contribution in [0.2, 0.25) is 10.0 Å². The number of carbonyl (C=O) groups is 1. The molecule has 3 rings (SSSR count). The number of hydrogen-bond acceptors (Lipinski definition) is 7. The molecule has 0 radical (unpaired) electrons. The third-order valence-electron chi connectivity index (χ3n) is 3.60. The zero-order valence-corrected chi connectivity index (χ0v) is 16.8. The highest BCUT2D eigenvalue weighted by Gasteiger charge is 2.13. The molecular weight excluding hydrogens is 417 g/mol. The van der Waals surface area contributed by atoms with Gasteiger partial charge >= 0.3 is 0 Å². The molecule has 0 spiro atoms. The molecule has 2 heterocycles. The fourth-order valence-corrected chi connectivity index (χ4v) is 2.57. The van der Waals surface area contributed by atoms with Crippen molar-refractivity contribution in [1.82, 2.24) is 20.4 Å². The molecule has 29 heavy (non-hydrogen) atoms. The average molecular weight is 434 g/mol. The predicted molar refractivity (Wildman–Crippen MR) is 109 cm³/mol. The maximum absolute atomic E-state index is 12.0. The van der Waals surface area contributed by atoms with Crippen LogP contribution in [-0.4, -0.2) is 27.1 Å². The van der Waals surface area contributed by atoms with E-state index in [1.807, 2.05) is 0 Å². The number of anilines is 1. The fraction of sp³-hybridized carbons (Fsp3) is 0.158. The summed E-state index contributed by atoms with van der Waals surface area (Å²) in [6.07, 6.45) is 5.44. The minimum atomic E-state index is -0.567. The number of hydrogen-bond donors (Lipinski definition) is 2. The van der Waals surface area contributed by atoms with E-state index in [9.17, 15) is 4.79 Å². The second kappa shape index (κ2) is 10.0. The van der Waals surface area contributed by atoms with Crippen LogP contribution in [0.5, 0.6) is 5.75 Å². The molecule has 0 aliphatic carbocycles. The van der Waals surface area contributed by atoms with Gasteiger partial charge in [-0.25, -0.2) is 20.3 Å². The number of pyridine rings is 1. The Morgan fingerprint density at radius 2 is 1.93 bits per heavy atom. The Kier molecular flexibility index (Phi) is 7.18.